The molecule has 0 spiro atoms. The van der Waals surface area contributed by atoms with Crippen LogP contribution in [-0.4, -0.2) is 17.8 Å². The molecule has 3 heteroatoms. The van der Waals surface area contributed by atoms with Gasteiger partial charge in [0.15, 0.2) is 0 Å². The largest absolute Gasteiger partial charge is 0.493 e. The number of aliphatic hydroxyl groups is 1. The third-order valence-electron chi connectivity index (χ3n) is 3.69. The Labute approximate surface area is 125 Å². The van der Waals surface area contributed by atoms with Crippen LogP contribution in [-0.2, 0) is 0 Å². The Kier molecular flexibility index (Phi) is 3.84. The van der Waals surface area contributed by atoms with Gasteiger partial charge in [-0.2, -0.15) is 0 Å². The van der Waals surface area contributed by atoms with Crippen molar-refractivity contribution in [3.63, 3.8) is 0 Å². The van der Waals surface area contributed by atoms with Gasteiger partial charge in [0.05, 0.1) is 24.7 Å². The topological polar surface area (TPSA) is 38.7 Å². The van der Waals surface area contributed by atoms with E-state index in [9.17, 15) is 5.11 Å². The Morgan fingerprint density at radius 2 is 1.95 bits per heavy atom. The molecule has 0 saturated carbocycles. The fourth-order valence-corrected chi connectivity index (χ4v) is 2.73. The number of ether oxygens (including phenoxy) is 2. The molecule has 0 amide bonds. The predicted octanol–water partition coefficient (Wildman–Crippen LogP) is 3.68. The van der Waals surface area contributed by atoms with Gasteiger partial charge in [0, 0.05) is 5.56 Å². The number of benzene rings is 2. The van der Waals surface area contributed by atoms with E-state index in [4.69, 9.17) is 9.47 Å². The summed E-state index contributed by atoms with van der Waals surface area (Å²) in [5.74, 6) is 1.63. The normalized spacial score (nSPS) is 18.2. The van der Waals surface area contributed by atoms with Gasteiger partial charge in [0.1, 0.15) is 11.5 Å². The molecule has 3 rings (SSSR count). The Morgan fingerprint density at radius 1 is 1.14 bits per heavy atom. The smallest absolute Gasteiger partial charge is 0.123 e. The van der Waals surface area contributed by atoms with Crippen molar-refractivity contribution in [3.05, 3.63) is 59.7 Å². The van der Waals surface area contributed by atoms with Crippen LogP contribution in [0.4, 0.5) is 0 Å². The number of hydrogen-bond acceptors (Lipinski definition) is 3. The van der Waals surface area contributed by atoms with Crippen molar-refractivity contribution < 1.29 is 14.6 Å². The molecule has 1 aliphatic heterocycles. The van der Waals surface area contributed by atoms with Crippen molar-refractivity contribution in [2.24, 2.45) is 0 Å². The monoisotopic (exact) mass is 284 g/mol. The van der Waals surface area contributed by atoms with Crippen molar-refractivity contribution in [1.82, 2.24) is 0 Å². The van der Waals surface area contributed by atoms with E-state index in [2.05, 4.69) is 0 Å². The Morgan fingerprint density at radius 3 is 2.76 bits per heavy atom. The average Bonchev–Trinajstić information content (AvgIpc) is 2.90. The van der Waals surface area contributed by atoms with Crippen LogP contribution in [0.25, 0.3) is 0 Å². The molecule has 3 nitrogen and oxygen atoms in total. The van der Waals surface area contributed by atoms with Crippen LogP contribution in [0, 0.1) is 0 Å². The van der Waals surface area contributed by atoms with Gasteiger partial charge in [-0.25, -0.2) is 0 Å². The third-order valence-corrected chi connectivity index (χ3v) is 3.69. The maximum Gasteiger partial charge on any atom is 0.123 e. The maximum atomic E-state index is 10.7. The summed E-state index contributed by atoms with van der Waals surface area (Å²) < 4.78 is 11.4. The first-order valence-corrected chi connectivity index (χ1v) is 7.31. The fraction of sp³-hybridized carbons (Fsp3) is 0.333. The molecule has 1 aliphatic rings. The summed E-state index contributed by atoms with van der Waals surface area (Å²) >= 11 is 0. The van der Waals surface area contributed by atoms with E-state index in [0.29, 0.717) is 6.61 Å². The minimum atomic E-state index is -0.593. The van der Waals surface area contributed by atoms with E-state index in [1.54, 1.807) is 0 Å². The molecule has 2 atom stereocenters. The summed E-state index contributed by atoms with van der Waals surface area (Å²) in [6.45, 7) is 4.49. The molecular formula is C18H20O3. The Hall–Kier alpha value is -2.00. The molecule has 0 aromatic heterocycles. The molecule has 2 aromatic rings. The summed E-state index contributed by atoms with van der Waals surface area (Å²) in [6, 6.07) is 15.6. The van der Waals surface area contributed by atoms with Gasteiger partial charge >= 0.3 is 0 Å². The lowest BCUT2D eigenvalue weighted by Gasteiger charge is -2.19. The zero-order valence-electron chi connectivity index (χ0n) is 12.3. The Bertz CT molecular complexity index is 621. The van der Waals surface area contributed by atoms with Gasteiger partial charge < -0.3 is 14.6 Å². The van der Waals surface area contributed by atoms with Gasteiger partial charge in [-0.05, 0) is 37.6 Å². The van der Waals surface area contributed by atoms with E-state index in [-0.39, 0.29) is 12.0 Å². The highest BCUT2D eigenvalue weighted by molar-refractivity contribution is 5.42. The van der Waals surface area contributed by atoms with E-state index >= 15 is 0 Å². The highest BCUT2D eigenvalue weighted by Gasteiger charge is 2.31. The van der Waals surface area contributed by atoms with Crippen LogP contribution in [0.3, 0.4) is 0 Å². The summed E-state index contributed by atoms with van der Waals surface area (Å²) in [7, 11) is 0. The lowest BCUT2D eigenvalue weighted by Crippen LogP contribution is -2.13. The molecule has 110 valence electrons. The molecule has 0 aliphatic carbocycles. The van der Waals surface area contributed by atoms with Crippen molar-refractivity contribution in [2.75, 3.05) is 6.61 Å². The molecular weight excluding hydrogens is 264 g/mol. The molecule has 2 aromatic carbocycles. The standard InChI is InChI=1S/C18H20O3/c1-12(2)21-14-7-5-6-13(10-14)18(19)16-11-20-17-9-4-3-8-15(16)17/h3-10,12,16,18-19H,11H2,1-2H3. The van der Waals surface area contributed by atoms with Crippen LogP contribution in [0.1, 0.15) is 37.0 Å². The second-order valence-corrected chi connectivity index (χ2v) is 5.64. The predicted molar refractivity (Wildman–Crippen MR) is 81.8 cm³/mol. The van der Waals surface area contributed by atoms with Gasteiger partial charge in [0.25, 0.3) is 0 Å². The fourth-order valence-electron chi connectivity index (χ4n) is 2.73. The van der Waals surface area contributed by atoms with Gasteiger partial charge in [-0.15, -0.1) is 0 Å². The molecule has 0 bridgehead atoms. The van der Waals surface area contributed by atoms with Gasteiger partial charge in [-0.1, -0.05) is 30.3 Å². The minimum absolute atomic E-state index is 0.0319. The van der Waals surface area contributed by atoms with Crippen molar-refractivity contribution in [2.45, 2.75) is 32.0 Å². The van der Waals surface area contributed by atoms with Crippen molar-refractivity contribution in [1.29, 1.82) is 0 Å². The molecule has 0 fully saturated rings. The number of rotatable bonds is 4. The van der Waals surface area contributed by atoms with E-state index < -0.39 is 6.10 Å². The molecule has 1 heterocycles. The lowest BCUT2D eigenvalue weighted by atomic mass is 9.91. The Balaban J connectivity index is 1.84. The molecule has 21 heavy (non-hydrogen) atoms. The summed E-state index contributed by atoms with van der Waals surface area (Å²) in [5, 5.41) is 10.7. The van der Waals surface area contributed by atoms with Crippen molar-refractivity contribution >= 4 is 0 Å². The second kappa shape index (κ2) is 5.78. The third kappa shape index (κ3) is 2.88. The van der Waals surface area contributed by atoms with E-state index in [1.165, 1.54) is 0 Å². The van der Waals surface area contributed by atoms with Crippen LogP contribution in [0.15, 0.2) is 48.5 Å². The summed E-state index contributed by atoms with van der Waals surface area (Å²) in [5.41, 5.74) is 1.93. The zero-order valence-corrected chi connectivity index (χ0v) is 12.3. The van der Waals surface area contributed by atoms with Crippen molar-refractivity contribution in [3.8, 4) is 11.5 Å². The molecule has 1 N–H and O–H groups in total. The number of aliphatic hydroxyl groups excluding tert-OH is 1. The van der Waals surface area contributed by atoms with Gasteiger partial charge in [0.2, 0.25) is 0 Å². The quantitative estimate of drug-likeness (QED) is 0.930. The first kappa shape index (κ1) is 14.0. The lowest BCUT2D eigenvalue weighted by molar-refractivity contribution is 0.129. The first-order valence-electron chi connectivity index (χ1n) is 7.31. The van der Waals surface area contributed by atoms with E-state index in [0.717, 1.165) is 22.6 Å². The first-order chi connectivity index (χ1) is 10.1. The van der Waals surface area contributed by atoms with Crippen LogP contribution in [0.2, 0.25) is 0 Å². The minimum Gasteiger partial charge on any atom is -0.493 e. The maximum absolute atomic E-state index is 10.7. The number of fused-ring (bicyclic) bond motifs is 1. The number of hydrogen-bond donors (Lipinski definition) is 1. The summed E-state index contributed by atoms with van der Waals surface area (Å²) in [6.07, 6.45) is -0.475. The highest BCUT2D eigenvalue weighted by atomic mass is 16.5. The van der Waals surface area contributed by atoms with Crippen LogP contribution < -0.4 is 9.47 Å². The number of para-hydroxylation sites is 1. The molecule has 0 saturated heterocycles. The highest BCUT2D eigenvalue weighted by Crippen LogP contribution is 2.41. The average molecular weight is 284 g/mol. The summed E-state index contributed by atoms with van der Waals surface area (Å²) in [4.78, 5) is 0. The second-order valence-electron chi connectivity index (χ2n) is 5.64. The zero-order chi connectivity index (χ0) is 14.8. The van der Waals surface area contributed by atoms with Crippen LogP contribution in [0.5, 0.6) is 11.5 Å². The molecule has 0 radical (unpaired) electrons. The SMILES string of the molecule is CC(C)Oc1cccc(C(O)C2COc3ccccc32)c1. The van der Waals surface area contributed by atoms with Crippen LogP contribution >= 0.6 is 0 Å². The van der Waals surface area contributed by atoms with Gasteiger partial charge in [-0.3, -0.25) is 0 Å². The molecule has 2 unspecified atom stereocenters. The van der Waals surface area contributed by atoms with E-state index in [1.807, 2.05) is 62.4 Å².